The number of carbonyl (C=O) groups is 2. The van der Waals surface area contributed by atoms with Crippen LogP contribution in [0, 0.1) is 0 Å². The smallest absolute Gasteiger partial charge is 0.295 e. The lowest BCUT2D eigenvalue weighted by atomic mass is 9.98. The first-order chi connectivity index (χ1) is 15.6. The van der Waals surface area contributed by atoms with E-state index in [0.29, 0.717) is 43.2 Å². The van der Waals surface area contributed by atoms with Crippen molar-refractivity contribution in [3.8, 4) is 5.75 Å². The van der Waals surface area contributed by atoms with E-state index in [4.69, 9.17) is 9.47 Å². The van der Waals surface area contributed by atoms with Crippen LogP contribution in [0.15, 0.2) is 54.2 Å². The zero-order valence-electron chi connectivity index (χ0n) is 18.1. The SMILES string of the molecule is COc1cccc(C(O)=C2C(=O)C(=O)N(CCCN3CCOCC3)C2c2ccccn2)c1. The molecule has 4 rings (SSSR count). The van der Waals surface area contributed by atoms with Gasteiger partial charge in [-0.1, -0.05) is 18.2 Å². The molecular formula is C24H27N3O5. The molecule has 1 amide bonds. The summed E-state index contributed by atoms with van der Waals surface area (Å²) < 4.78 is 10.6. The maximum atomic E-state index is 13.0. The number of nitrogens with zero attached hydrogens (tertiary/aromatic N) is 3. The molecule has 8 nitrogen and oxygen atoms in total. The van der Waals surface area contributed by atoms with Crippen LogP contribution in [0.5, 0.6) is 5.75 Å². The Morgan fingerprint density at radius 2 is 1.97 bits per heavy atom. The minimum absolute atomic E-state index is 0.0494. The number of Topliss-reactive ketones (excluding diaryl/α,β-unsaturated/α-hetero) is 1. The Morgan fingerprint density at radius 1 is 1.16 bits per heavy atom. The third kappa shape index (κ3) is 4.51. The lowest BCUT2D eigenvalue weighted by Gasteiger charge is -2.28. The molecule has 1 aromatic heterocycles. The normalized spacial score (nSPS) is 21.2. The average molecular weight is 437 g/mol. The van der Waals surface area contributed by atoms with E-state index >= 15 is 0 Å². The molecule has 0 spiro atoms. The predicted molar refractivity (Wildman–Crippen MR) is 118 cm³/mol. The maximum Gasteiger partial charge on any atom is 0.295 e. The molecule has 3 heterocycles. The second kappa shape index (κ2) is 9.93. The van der Waals surface area contributed by atoms with Crippen LogP contribution < -0.4 is 4.74 Å². The molecule has 2 saturated heterocycles. The maximum absolute atomic E-state index is 13.0. The highest BCUT2D eigenvalue weighted by atomic mass is 16.5. The van der Waals surface area contributed by atoms with Crippen LogP contribution in [0.2, 0.25) is 0 Å². The van der Waals surface area contributed by atoms with Gasteiger partial charge in [-0.2, -0.15) is 0 Å². The van der Waals surface area contributed by atoms with Crippen LogP contribution in [0.25, 0.3) is 5.76 Å². The van der Waals surface area contributed by atoms with Gasteiger partial charge in [-0.05, 0) is 30.7 Å². The molecule has 0 radical (unpaired) electrons. The summed E-state index contributed by atoms with van der Waals surface area (Å²) in [6.45, 7) is 4.32. The van der Waals surface area contributed by atoms with Crippen molar-refractivity contribution in [1.82, 2.24) is 14.8 Å². The van der Waals surface area contributed by atoms with Gasteiger partial charge < -0.3 is 19.5 Å². The lowest BCUT2D eigenvalue weighted by Crippen LogP contribution is -2.39. The number of aromatic nitrogens is 1. The Kier molecular flexibility index (Phi) is 6.82. The molecule has 2 aliphatic heterocycles. The van der Waals surface area contributed by atoms with Crippen LogP contribution in [0.4, 0.5) is 0 Å². The summed E-state index contributed by atoms with van der Waals surface area (Å²) in [5.74, 6) is -1.00. The number of ether oxygens (including phenoxy) is 2. The molecule has 168 valence electrons. The number of aliphatic hydroxyl groups excluding tert-OH is 1. The molecule has 2 aliphatic rings. The number of ketones is 1. The Balaban J connectivity index is 1.65. The fourth-order valence-corrected chi connectivity index (χ4v) is 4.17. The summed E-state index contributed by atoms with van der Waals surface area (Å²) in [6, 6.07) is 11.4. The van der Waals surface area contributed by atoms with E-state index < -0.39 is 17.7 Å². The van der Waals surface area contributed by atoms with Crippen molar-refractivity contribution in [2.24, 2.45) is 0 Å². The Bertz CT molecular complexity index is 1000. The summed E-state index contributed by atoms with van der Waals surface area (Å²) in [4.78, 5) is 34.2. The average Bonchev–Trinajstić information content (AvgIpc) is 3.10. The van der Waals surface area contributed by atoms with Gasteiger partial charge in [-0.15, -0.1) is 0 Å². The molecule has 1 unspecified atom stereocenters. The number of likely N-dealkylation sites (tertiary alicyclic amines) is 1. The predicted octanol–water partition coefficient (Wildman–Crippen LogP) is 2.23. The molecule has 8 heteroatoms. The zero-order valence-corrected chi connectivity index (χ0v) is 18.1. The van der Waals surface area contributed by atoms with E-state index in [1.165, 1.54) is 12.0 Å². The monoisotopic (exact) mass is 437 g/mol. The largest absolute Gasteiger partial charge is 0.507 e. The molecule has 0 aliphatic carbocycles. The minimum atomic E-state index is -0.743. The summed E-state index contributed by atoms with van der Waals surface area (Å²) in [5, 5.41) is 11.1. The number of morpholine rings is 1. The van der Waals surface area contributed by atoms with E-state index in [2.05, 4.69) is 9.88 Å². The Hall–Kier alpha value is -3.23. The van der Waals surface area contributed by atoms with Crippen molar-refractivity contribution in [1.29, 1.82) is 0 Å². The van der Waals surface area contributed by atoms with Gasteiger partial charge in [0.2, 0.25) is 0 Å². The summed E-state index contributed by atoms with van der Waals surface area (Å²) in [7, 11) is 1.53. The number of carbonyl (C=O) groups excluding carboxylic acids is 2. The molecule has 2 aromatic rings. The molecule has 32 heavy (non-hydrogen) atoms. The Morgan fingerprint density at radius 3 is 2.69 bits per heavy atom. The lowest BCUT2D eigenvalue weighted by molar-refractivity contribution is -0.140. The number of aliphatic hydroxyl groups is 1. The summed E-state index contributed by atoms with van der Waals surface area (Å²) in [5.41, 5.74) is 1.01. The highest BCUT2D eigenvalue weighted by Crippen LogP contribution is 2.39. The van der Waals surface area contributed by atoms with Gasteiger partial charge in [0.05, 0.1) is 31.6 Å². The number of hydrogen-bond acceptors (Lipinski definition) is 7. The number of rotatable bonds is 7. The second-order valence-electron chi connectivity index (χ2n) is 7.79. The molecular weight excluding hydrogens is 410 g/mol. The van der Waals surface area contributed by atoms with Gasteiger partial charge in [-0.3, -0.25) is 19.5 Å². The number of methoxy groups -OCH3 is 1. The van der Waals surface area contributed by atoms with Crippen LogP contribution in [-0.4, -0.2) is 78.1 Å². The third-order valence-electron chi connectivity index (χ3n) is 5.83. The van der Waals surface area contributed by atoms with E-state index in [1.54, 1.807) is 42.6 Å². The van der Waals surface area contributed by atoms with Gasteiger partial charge in [0.15, 0.2) is 0 Å². The fraction of sp³-hybridized carbons (Fsp3) is 0.375. The number of benzene rings is 1. The number of pyridine rings is 1. The molecule has 2 fully saturated rings. The van der Waals surface area contributed by atoms with Crippen LogP contribution in [-0.2, 0) is 14.3 Å². The third-order valence-corrected chi connectivity index (χ3v) is 5.83. The molecule has 0 saturated carbocycles. The summed E-state index contributed by atoms with van der Waals surface area (Å²) >= 11 is 0. The van der Waals surface area contributed by atoms with E-state index in [9.17, 15) is 14.7 Å². The van der Waals surface area contributed by atoms with Gasteiger partial charge in [-0.25, -0.2) is 0 Å². The second-order valence-corrected chi connectivity index (χ2v) is 7.79. The Labute approximate surface area is 187 Å². The quantitative estimate of drug-likeness (QED) is 0.403. The van der Waals surface area contributed by atoms with E-state index in [1.807, 2.05) is 6.07 Å². The standard InChI is InChI=1S/C24H27N3O5/c1-31-18-7-4-6-17(16-18)22(28)20-21(19-8-2-3-9-25-19)27(24(30)23(20)29)11-5-10-26-12-14-32-15-13-26/h2-4,6-9,16,21,28H,5,10-15H2,1H3. The van der Waals surface area contributed by atoms with Crippen molar-refractivity contribution < 1.29 is 24.2 Å². The molecule has 1 atom stereocenters. The molecule has 0 bridgehead atoms. The van der Waals surface area contributed by atoms with E-state index in [0.717, 1.165) is 19.6 Å². The van der Waals surface area contributed by atoms with Crippen LogP contribution in [0.3, 0.4) is 0 Å². The van der Waals surface area contributed by atoms with Crippen molar-refractivity contribution in [2.45, 2.75) is 12.5 Å². The van der Waals surface area contributed by atoms with Crippen LogP contribution in [0.1, 0.15) is 23.7 Å². The van der Waals surface area contributed by atoms with Crippen molar-refractivity contribution in [2.75, 3.05) is 46.5 Å². The minimum Gasteiger partial charge on any atom is -0.507 e. The first kappa shape index (κ1) is 22.0. The molecule has 1 aromatic carbocycles. The van der Waals surface area contributed by atoms with Gasteiger partial charge in [0.1, 0.15) is 17.6 Å². The molecule has 1 N–H and O–H groups in total. The van der Waals surface area contributed by atoms with Gasteiger partial charge >= 0.3 is 0 Å². The van der Waals surface area contributed by atoms with E-state index in [-0.39, 0.29) is 11.3 Å². The summed E-state index contributed by atoms with van der Waals surface area (Å²) in [6.07, 6.45) is 2.32. The van der Waals surface area contributed by atoms with Gasteiger partial charge in [0.25, 0.3) is 11.7 Å². The fourth-order valence-electron chi connectivity index (χ4n) is 4.17. The van der Waals surface area contributed by atoms with Crippen LogP contribution >= 0.6 is 0 Å². The number of hydrogen-bond donors (Lipinski definition) is 1. The highest BCUT2D eigenvalue weighted by Gasteiger charge is 2.46. The van der Waals surface area contributed by atoms with Gasteiger partial charge in [0, 0.05) is 37.9 Å². The van der Waals surface area contributed by atoms with Crippen molar-refractivity contribution >= 4 is 17.4 Å². The van der Waals surface area contributed by atoms with Crippen molar-refractivity contribution in [3.63, 3.8) is 0 Å². The zero-order chi connectivity index (χ0) is 22.5. The first-order valence-corrected chi connectivity index (χ1v) is 10.7. The first-order valence-electron chi connectivity index (χ1n) is 10.7. The topological polar surface area (TPSA) is 92.2 Å². The van der Waals surface area contributed by atoms with Crippen molar-refractivity contribution in [3.05, 3.63) is 65.5 Å². The number of amides is 1. The highest BCUT2D eigenvalue weighted by molar-refractivity contribution is 6.46.